The van der Waals surface area contributed by atoms with Gasteiger partial charge in [0.15, 0.2) is 0 Å². The van der Waals surface area contributed by atoms with Gasteiger partial charge in [-0.05, 0) is 42.8 Å². The van der Waals surface area contributed by atoms with Gasteiger partial charge in [0.25, 0.3) is 0 Å². The largest absolute Gasteiger partial charge is 0.416 e. The number of nitrogens with one attached hydrogen (secondary N) is 2. The van der Waals surface area contributed by atoms with Crippen LogP contribution in [0.1, 0.15) is 24.1 Å². The molecule has 2 N–H and O–H groups in total. The highest BCUT2D eigenvalue weighted by molar-refractivity contribution is 6.30. The summed E-state index contributed by atoms with van der Waals surface area (Å²) in [7, 11) is 0. The highest BCUT2D eigenvalue weighted by Gasteiger charge is 2.31. The van der Waals surface area contributed by atoms with Crippen LogP contribution in [0, 0.1) is 0 Å². The van der Waals surface area contributed by atoms with Crippen LogP contribution >= 0.6 is 11.6 Å². The van der Waals surface area contributed by atoms with Crippen LogP contribution in [-0.2, 0) is 11.0 Å². The van der Waals surface area contributed by atoms with E-state index in [0.717, 1.165) is 17.7 Å². The van der Waals surface area contributed by atoms with E-state index in [0.29, 0.717) is 5.02 Å². The first-order valence-corrected chi connectivity index (χ1v) is 8.97. The molecule has 3 rings (SSSR count). The minimum absolute atomic E-state index is 0.0173. The summed E-state index contributed by atoms with van der Waals surface area (Å²) in [5, 5.41) is 10.1. The molecule has 29 heavy (non-hydrogen) atoms. The predicted octanol–water partition coefficient (Wildman–Crippen LogP) is 4.23. The average molecular weight is 424 g/mol. The Labute approximate surface area is 169 Å². The lowest BCUT2D eigenvalue weighted by molar-refractivity contribution is -0.137. The van der Waals surface area contributed by atoms with Crippen molar-refractivity contribution in [3.63, 3.8) is 0 Å². The summed E-state index contributed by atoms with van der Waals surface area (Å²) in [6, 6.07) is 10.0. The highest BCUT2D eigenvalue weighted by Crippen LogP contribution is 2.33. The van der Waals surface area contributed by atoms with Gasteiger partial charge in [-0.15, -0.1) is 0 Å². The van der Waals surface area contributed by atoms with E-state index in [1.807, 2.05) is 19.1 Å². The molecule has 0 aliphatic rings. The number of carbonyl (C=O) groups excluding carboxylic acids is 1. The molecule has 1 atom stereocenters. The lowest BCUT2D eigenvalue weighted by atomic mass is 10.1. The fourth-order valence-electron chi connectivity index (χ4n) is 2.65. The van der Waals surface area contributed by atoms with Crippen LogP contribution in [0.4, 0.5) is 18.9 Å². The molecule has 1 amide bonds. The van der Waals surface area contributed by atoms with Crippen molar-refractivity contribution in [2.75, 3.05) is 11.9 Å². The third-order valence-corrected chi connectivity index (χ3v) is 4.45. The van der Waals surface area contributed by atoms with E-state index in [2.05, 4.69) is 20.7 Å². The molecule has 3 aromatic rings. The van der Waals surface area contributed by atoms with Gasteiger partial charge in [-0.25, -0.2) is 9.67 Å². The zero-order valence-electron chi connectivity index (χ0n) is 15.2. The van der Waals surface area contributed by atoms with Crippen molar-refractivity contribution in [2.45, 2.75) is 19.1 Å². The lowest BCUT2D eigenvalue weighted by Gasteiger charge is -2.16. The van der Waals surface area contributed by atoms with E-state index >= 15 is 0 Å². The van der Waals surface area contributed by atoms with Gasteiger partial charge in [0.05, 0.1) is 23.5 Å². The van der Waals surface area contributed by atoms with Crippen molar-refractivity contribution in [1.82, 2.24) is 20.1 Å². The second-order valence-electron chi connectivity index (χ2n) is 6.27. The summed E-state index contributed by atoms with van der Waals surface area (Å²) in [5.41, 5.74) is 0.301. The first kappa shape index (κ1) is 20.8. The van der Waals surface area contributed by atoms with Gasteiger partial charge in [0.2, 0.25) is 5.91 Å². The molecule has 1 unspecified atom stereocenters. The second kappa shape index (κ2) is 8.62. The molecule has 0 saturated heterocycles. The third-order valence-electron chi connectivity index (χ3n) is 4.20. The number of halogens is 4. The lowest BCUT2D eigenvalue weighted by Crippen LogP contribution is -2.30. The van der Waals surface area contributed by atoms with Gasteiger partial charge in [-0.3, -0.25) is 4.79 Å². The number of hydrogen-bond donors (Lipinski definition) is 2. The van der Waals surface area contributed by atoms with E-state index in [1.165, 1.54) is 23.4 Å². The minimum Gasteiger partial charge on any atom is -0.323 e. The Balaban J connectivity index is 1.73. The van der Waals surface area contributed by atoms with Gasteiger partial charge in [-0.2, -0.15) is 18.3 Å². The Morgan fingerprint density at radius 2 is 1.93 bits per heavy atom. The molecule has 152 valence electrons. The topological polar surface area (TPSA) is 71.8 Å². The van der Waals surface area contributed by atoms with Crippen LogP contribution in [0.3, 0.4) is 0 Å². The number of rotatable bonds is 6. The van der Waals surface area contributed by atoms with E-state index in [4.69, 9.17) is 11.6 Å². The van der Waals surface area contributed by atoms with E-state index in [-0.39, 0.29) is 24.0 Å². The molecular weight excluding hydrogens is 407 g/mol. The zero-order chi connectivity index (χ0) is 21.0. The number of benzene rings is 2. The fourth-order valence-corrected chi connectivity index (χ4v) is 2.78. The maximum atomic E-state index is 13.1. The maximum absolute atomic E-state index is 13.1. The predicted molar refractivity (Wildman–Crippen MR) is 103 cm³/mol. The van der Waals surface area contributed by atoms with Gasteiger partial charge in [0, 0.05) is 11.1 Å². The number of carbonyl (C=O) groups is 1. The first-order chi connectivity index (χ1) is 13.7. The Kier molecular flexibility index (Phi) is 6.19. The minimum atomic E-state index is -4.54. The average Bonchev–Trinajstić information content (AvgIpc) is 3.20. The van der Waals surface area contributed by atoms with E-state index in [1.54, 1.807) is 12.1 Å². The Morgan fingerprint density at radius 1 is 1.21 bits per heavy atom. The van der Waals surface area contributed by atoms with Crippen LogP contribution in [0.15, 0.2) is 55.1 Å². The summed E-state index contributed by atoms with van der Waals surface area (Å²) < 4.78 is 40.5. The number of aromatic nitrogens is 3. The van der Waals surface area contributed by atoms with Crippen LogP contribution in [0.5, 0.6) is 0 Å². The third kappa shape index (κ3) is 5.33. The standard InChI is InChI=1S/C19H17ClF3N5O/c1-12(13-2-5-15(20)6-3-13)25-9-18(29)27-16-8-14(19(21,22)23)4-7-17(16)28-11-24-10-26-28/h2-8,10-12,25H,9H2,1H3,(H,27,29). The van der Waals surface area contributed by atoms with Crippen molar-refractivity contribution in [1.29, 1.82) is 0 Å². The molecule has 6 nitrogen and oxygen atoms in total. The van der Waals surface area contributed by atoms with Crippen LogP contribution in [0.25, 0.3) is 5.69 Å². The molecule has 0 radical (unpaired) electrons. The smallest absolute Gasteiger partial charge is 0.323 e. The maximum Gasteiger partial charge on any atom is 0.416 e. The molecule has 2 aromatic carbocycles. The Hall–Kier alpha value is -2.91. The van der Waals surface area contributed by atoms with E-state index in [9.17, 15) is 18.0 Å². The molecule has 0 fully saturated rings. The van der Waals surface area contributed by atoms with Crippen molar-refractivity contribution in [3.05, 3.63) is 71.3 Å². The van der Waals surface area contributed by atoms with Crippen molar-refractivity contribution >= 4 is 23.2 Å². The number of alkyl halides is 3. The molecule has 1 heterocycles. The monoisotopic (exact) mass is 423 g/mol. The highest BCUT2D eigenvalue weighted by atomic mass is 35.5. The van der Waals surface area contributed by atoms with Gasteiger partial charge in [0.1, 0.15) is 12.7 Å². The fraction of sp³-hybridized carbons (Fsp3) is 0.211. The SMILES string of the molecule is CC(NCC(=O)Nc1cc(C(F)(F)F)ccc1-n1cncn1)c1ccc(Cl)cc1. The van der Waals surface area contributed by atoms with Gasteiger partial charge < -0.3 is 10.6 Å². The van der Waals surface area contributed by atoms with Crippen LogP contribution < -0.4 is 10.6 Å². The van der Waals surface area contributed by atoms with Crippen molar-refractivity contribution in [2.24, 2.45) is 0 Å². The van der Waals surface area contributed by atoms with Gasteiger partial charge in [-0.1, -0.05) is 23.7 Å². The summed E-state index contributed by atoms with van der Waals surface area (Å²) >= 11 is 5.86. The molecule has 1 aromatic heterocycles. The Bertz CT molecular complexity index is 975. The molecule has 0 aliphatic heterocycles. The number of amides is 1. The molecule has 0 spiro atoms. The molecular formula is C19H17ClF3N5O. The van der Waals surface area contributed by atoms with Crippen molar-refractivity contribution in [3.8, 4) is 5.69 Å². The summed E-state index contributed by atoms with van der Waals surface area (Å²) in [4.78, 5) is 16.1. The quantitative estimate of drug-likeness (QED) is 0.622. The number of nitrogens with zero attached hydrogens (tertiary/aromatic N) is 3. The number of anilines is 1. The van der Waals surface area contributed by atoms with Crippen molar-refractivity contribution < 1.29 is 18.0 Å². The van der Waals surface area contributed by atoms with E-state index < -0.39 is 17.6 Å². The molecule has 0 saturated carbocycles. The molecule has 0 aliphatic carbocycles. The Morgan fingerprint density at radius 3 is 2.55 bits per heavy atom. The van der Waals surface area contributed by atoms with Gasteiger partial charge >= 0.3 is 6.18 Å². The van der Waals surface area contributed by atoms with Crippen LogP contribution in [-0.4, -0.2) is 27.2 Å². The number of hydrogen-bond acceptors (Lipinski definition) is 4. The second-order valence-corrected chi connectivity index (χ2v) is 6.71. The summed E-state index contributed by atoms with van der Waals surface area (Å²) in [6.45, 7) is 1.76. The first-order valence-electron chi connectivity index (χ1n) is 8.59. The normalized spacial score (nSPS) is 12.6. The molecule has 0 bridgehead atoms. The summed E-state index contributed by atoms with van der Waals surface area (Å²) in [5.74, 6) is -0.494. The van der Waals surface area contributed by atoms with Crippen LogP contribution in [0.2, 0.25) is 5.02 Å². The summed E-state index contributed by atoms with van der Waals surface area (Å²) in [6.07, 6.45) is -1.96. The molecule has 10 heteroatoms. The zero-order valence-corrected chi connectivity index (χ0v) is 16.0.